The van der Waals surface area contributed by atoms with Gasteiger partial charge in [0, 0.05) is 44.0 Å². The van der Waals surface area contributed by atoms with Crippen LogP contribution >= 0.6 is 0 Å². The molecular formula is C14H25N5O. The summed E-state index contributed by atoms with van der Waals surface area (Å²) in [4.78, 5) is 18.0. The third-order valence-corrected chi connectivity index (χ3v) is 2.86. The molecule has 0 aromatic carbocycles. The van der Waals surface area contributed by atoms with Crippen molar-refractivity contribution in [3.05, 3.63) is 18.3 Å². The van der Waals surface area contributed by atoms with Crippen molar-refractivity contribution in [2.45, 2.75) is 19.8 Å². The molecule has 0 atom stereocenters. The number of hydrogen-bond donors (Lipinski definition) is 3. The van der Waals surface area contributed by atoms with Crippen molar-refractivity contribution in [3.63, 3.8) is 0 Å². The van der Waals surface area contributed by atoms with Crippen LogP contribution in [0.2, 0.25) is 0 Å². The lowest BCUT2D eigenvalue weighted by Gasteiger charge is -2.15. The van der Waals surface area contributed by atoms with E-state index in [-0.39, 0.29) is 5.91 Å². The molecule has 6 heteroatoms. The highest BCUT2D eigenvalue weighted by atomic mass is 16.1. The number of carbonyl (C=O) groups is 1. The van der Waals surface area contributed by atoms with Crippen LogP contribution in [0.25, 0.3) is 0 Å². The van der Waals surface area contributed by atoms with Crippen LogP contribution in [0.1, 0.15) is 19.8 Å². The van der Waals surface area contributed by atoms with Crippen LogP contribution in [0.4, 0.5) is 11.5 Å². The lowest BCUT2D eigenvalue weighted by molar-refractivity contribution is -0.116. The molecule has 1 rings (SSSR count). The predicted octanol–water partition coefficient (Wildman–Crippen LogP) is 0.924. The fraction of sp³-hybridized carbons (Fsp3) is 0.571. The smallest absolute Gasteiger partial charge is 0.226 e. The number of hydrogen-bond acceptors (Lipinski definition) is 5. The van der Waals surface area contributed by atoms with Crippen molar-refractivity contribution in [1.82, 2.24) is 15.2 Å². The summed E-state index contributed by atoms with van der Waals surface area (Å²) in [5, 5.41) is 5.98. The molecule has 112 valence electrons. The van der Waals surface area contributed by atoms with Gasteiger partial charge in [-0.3, -0.25) is 4.79 Å². The second-order valence-electron chi connectivity index (χ2n) is 4.83. The zero-order valence-corrected chi connectivity index (χ0v) is 12.4. The van der Waals surface area contributed by atoms with Crippen molar-refractivity contribution < 1.29 is 4.79 Å². The highest BCUT2D eigenvalue weighted by molar-refractivity contribution is 5.90. The van der Waals surface area contributed by atoms with E-state index in [1.54, 1.807) is 18.3 Å². The van der Waals surface area contributed by atoms with E-state index < -0.39 is 0 Å². The highest BCUT2D eigenvalue weighted by Gasteiger charge is 2.03. The molecule has 1 aromatic rings. The Kier molecular flexibility index (Phi) is 7.60. The van der Waals surface area contributed by atoms with Gasteiger partial charge in [-0.15, -0.1) is 0 Å². The number of anilines is 2. The van der Waals surface area contributed by atoms with Gasteiger partial charge < -0.3 is 21.3 Å². The molecule has 4 N–H and O–H groups in total. The van der Waals surface area contributed by atoms with Gasteiger partial charge in [-0.25, -0.2) is 4.98 Å². The summed E-state index contributed by atoms with van der Waals surface area (Å²) in [7, 11) is 2.10. The Morgan fingerprint density at radius 1 is 1.40 bits per heavy atom. The fourth-order valence-corrected chi connectivity index (χ4v) is 1.81. The minimum absolute atomic E-state index is 0.0579. The number of nitrogen functional groups attached to an aromatic ring is 1. The summed E-state index contributed by atoms with van der Waals surface area (Å²) in [6.07, 6.45) is 3.16. The van der Waals surface area contributed by atoms with Crippen LogP contribution < -0.4 is 16.4 Å². The molecule has 1 amide bonds. The monoisotopic (exact) mass is 279 g/mol. The van der Waals surface area contributed by atoms with Gasteiger partial charge in [0.25, 0.3) is 0 Å². The van der Waals surface area contributed by atoms with Gasteiger partial charge in [0.15, 0.2) is 0 Å². The number of nitrogens with one attached hydrogen (secondary N) is 2. The topological polar surface area (TPSA) is 83.3 Å². The lowest BCUT2D eigenvalue weighted by Crippen LogP contribution is -2.31. The Morgan fingerprint density at radius 3 is 2.90 bits per heavy atom. The number of nitrogens with two attached hydrogens (primary N) is 1. The van der Waals surface area contributed by atoms with Gasteiger partial charge in [0.05, 0.1) is 0 Å². The summed E-state index contributed by atoms with van der Waals surface area (Å²) in [5.41, 5.74) is 6.21. The Balaban J connectivity index is 2.11. The number of aromatic nitrogens is 1. The van der Waals surface area contributed by atoms with E-state index in [0.717, 1.165) is 26.1 Å². The number of nitrogens with zero attached hydrogens (tertiary/aromatic N) is 2. The Labute approximate surface area is 120 Å². The van der Waals surface area contributed by atoms with E-state index in [1.165, 1.54) is 0 Å². The maximum absolute atomic E-state index is 11.7. The molecule has 0 radical (unpaired) electrons. The fourth-order valence-electron chi connectivity index (χ4n) is 1.81. The summed E-state index contributed by atoms with van der Waals surface area (Å²) < 4.78 is 0. The molecule has 0 aliphatic carbocycles. The van der Waals surface area contributed by atoms with E-state index in [9.17, 15) is 4.79 Å². The zero-order valence-electron chi connectivity index (χ0n) is 12.4. The number of carbonyl (C=O) groups excluding carboxylic acids is 1. The van der Waals surface area contributed by atoms with E-state index in [2.05, 4.69) is 34.5 Å². The molecule has 0 saturated heterocycles. The molecule has 6 nitrogen and oxygen atoms in total. The molecule has 0 fully saturated rings. The standard InChI is InChI=1S/C14H25N5O/c1-3-9-19(2)10-8-16-6-5-14(20)18-13-11-12(15)4-7-17-13/h4,7,11,16H,3,5-6,8-10H2,1-2H3,(H3,15,17,18,20). The lowest BCUT2D eigenvalue weighted by atomic mass is 10.3. The average Bonchev–Trinajstić information content (AvgIpc) is 2.38. The first-order valence-corrected chi connectivity index (χ1v) is 7.02. The normalized spacial score (nSPS) is 10.8. The molecule has 0 unspecified atom stereocenters. The van der Waals surface area contributed by atoms with Crippen molar-refractivity contribution in [1.29, 1.82) is 0 Å². The number of pyridine rings is 1. The Bertz CT molecular complexity index is 410. The Morgan fingerprint density at radius 2 is 2.20 bits per heavy atom. The number of likely N-dealkylation sites (N-methyl/N-ethyl adjacent to an activating group) is 1. The Hall–Kier alpha value is -1.66. The van der Waals surface area contributed by atoms with Gasteiger partial charge in [0.2, 0.25) is 5.91 Å². The van der Waals surface area contributed by atoms with E-state index in [4.69, 9.17) is 5.73 Å². The van der Waals surface area contributed by atoms with Crippen LogP contribution in [0.15, 0.2) is 18.3 Å². The summed E-state index contributed by atoms with van der Waals surface area (Å²) in [6, 6.07) is 3.33. The minimum Gasteiger partial charge on any atom is -0.399 e. The third-order valence-electron chi connectivity index (χ3n) is 2.86. The molecule has 1 aromatic heterocycles. The van der Waals surface area contributed by atoms with Crippen LogP contribution in [-0.4, -0.2) is 49.0 Å². The van der Waals surface area contributed by atoms with Crippen molar-refractivity contribution in [2.75, 3.05) is 44.3 Å². The van der Waals surface area contributed by atoms with Crippen LogP contribution in [-0.2, 0) is 4.79 Å². The molecule has 0 aliphatic rings. The highest BCUT2D eigenvalue weighted by Crippen LogP contribution is 2.07. The molecule has 0 aliphatic heterocycles. The minimum atomic E-state index is -0.0579. The van der Waals surface area contributed by atoms with Crippen molar-refractivity contribution in [3.8, 4) is 0 Å². The second kappa shape index (κ2) is 9.28. The van der Waals surface area contributed by atoms with Crippen LogP contribution in [0.5, 0.6) is 0 Å². The number of amides is 1. The summed E-state index contributed by atoms with van der Waals surface area (Å²) >= 11 is 0. The van der Waals surface area contributed by atoms with Crippen molar-refractivity contribution >= 4 is 17.4 Å². The molecule has 1 heterocycles. The van der Waals surface area contributed by atoms with E-state index in [1.807, 2.05) is 0 Å². The predicted molar refractivity (Wildman–Crippen MR) is 82.6 cm³/mol. The van der Waals surface area contributed by atoms with Crippen LogP contribution in [0, 0.1) is 0 Å². The molecule has 0 bridgehead atoms. The maximum Gasteiger partial charge on any atom is 0.226 e. The first-order chi connectivity index (χ1) is 9.61. The SMILES string of the molecule is CCCN(C)CCNCCC(=O)Nc1cc(N)ccn1. The molecule has 20 heavy (non-hydrogen) atoms. The second-order valence-corrected chi connectivity index (χ2v) is 4.83. The maximum atomic E-state index is 11.7. The largest absolute Gasteiger partial charge is 0.399 e. The zero-order chi connectivity index (χ0) is 14.8. The first-order valence-electron chi connectivity index (χ1n) is 7.02. The summed E-state index contributed by atoms with van der Waals surface area (Å²) in [5.74, 6) is 0.440. The van der Waals surface area contributed by atoms with Gasteiger partial charge in [-0.2, -0.15) is 0 Å². The molecule has 0 spiro atoms. The van der Waals surface area contributed by atoms with Gasteiger partial charge in [0.1, 0.15) is 5.82 Å². The average molecular weight is 279 g/mol. The van der Waals surface area contributed by atoms with E-state index >= 15 is 0 Å². The molecular weight excluding hydrogens is 254 g/mol. The third kappa shape index (κ3) is 7.06. The van der Waals surface area contributed by atoms with E-state index in [0.29, 0.717) is 24.5 Å². The van der Waals surface area contributed by atoms with Crippen molar-refractivity contribution in [2.24, 2.45) is 0 Å². The summed E-state index contributed by atoms with van der Waals surface area (Å²) in [6.45, 7) is 5.81. The van der Waals surface area contributed by atoms with Gasteiger partial charge in [-0.05, 0) is 26.1 Å². The first kappa shape index (κ1) is 16.4. The number of rotatable bonds is 9. The quantitative estimate of drug-likeness (QED) is 0.586. The van der Waals surface area contributed by atoms with Gasteiger partial charge in [-0.1, -0.05) is 6.92 Å². The van der Waals surface area contributed by atoms with Gasteiger partial charge >= 0.3 is 0 Å². The van der Waals surface area contributed by atoms with Crippen LogP contribution in [0.3, 0.4) is 0 Å². The molecule has 0 saturated carbocycles.